The topological polar surface area (TPSA) is 163 Å². The molecule has 1 N–H and O–H groups in total. The molecule has 1 fully saturated rings. The van der Waals surface area contributed by atoms with Gasteiger partial charge in [-0.25, -0.2) is 8.42 Å². The summed E-state index contributed by atoms with van der Waals surface area (Å²) in [6, 6.07) is 6.25. The molecule has 278 valence electrons. The molecule has 1 aliphatic rings. The second-order valence-electron chi connectivity index (χ2n) is 11.4. The molecule has 0 unspecified atom stereocenters. The molecule has 2 aromatic carbocycles. The van der Waals surface area contributed by atoms with Gasteiger partial charge in [0.25, 0.3) is 0 Å². The van der Waals surface area contributed by atoms with Gasteiger partial charge in [-0.05, 0) is 61.4 Å². The fraction of sp³-hybridized carbons (Fsp3) is 0.424. The average Bonchev–Trinajstić information content (AvgIpc) is 3.90. The van der Waals surface area contributed by atoms with Crippen molar-refractivity contribution in [3.05, 3.63) is 75.2 Å². The Hall–Kier alpha value is -4.12. The van der Waals surface area contributed by atoms with Gasteiger partial charge in [0.15, 0.2) is 35.4 Å². The molecule has 0 radical (unpaired) electrons. The number of rotatable bonds is 19. The SMILES string of the molecule is COc1ccc(S(=O)(=O)N[C@H](CCCOC(C)=O)C(=O)O[C@@H](Cc2c(Cl)c[n+]([O-])cc2Cl)c2ccc(OC(F)F)c(OCC3CC3)c2)cc1OC. The molecule has 0 amide bonds. The monoisotopic (exact) mass is 776 g/mol. The van der Waals surface area contributed by atoms with E-state index in [9.17, 15) is 32.0 Å². The van der Waals surface area contributed by atoms with Gasteiger partial charge in [-0.3, -0.25) is 9.59 Å². The first kappa shape index (κ1) is 39.7. The Labute approximate surface area is 303 Å². The predicted molar refractivity (Wildman–Crippen MR) is 179 cm³/mol. The van der Waals surface area contributed by atoms with E-state index in [-0.39, 0.29) is 87.5 Å². The summed E-state index contributed by atoms with van der Waals surface area (Å²) >= 11 is 12.7. The van der Waals surface area contributed by atoms with E-state index in [1.165, 1.54) is 57.5 Å². The number of hydrogen-bond acceptors (Lipinski definition) is 11. The number of nitrogens with one attached hydrogen (secondary N) is 1. The Bertz CT molecular complexity index is 1790. The van der Waals surface area contributed by atoms with Crippen LogP contribution in [0, 0.1) is 11.1 Å². The number of esters is 2. The number of nitrogens with zero attached hydrogens (tertiary/aromatic N) is 1. The minimum absolute atomic E-state index is 0.0458. The second kappa shape index (κ2) is 17.9. The summed E-state index contributed by atoms with van der Waals surface area (Å²) in [5, 5.41) is 11.8. The number of hydrogen-bond donors (Lipinski definition) is 1. The fourth-order valence-electron chi connectivity index (χ4n) is 4.85. The van der Waals surface area contributed by atoms with E-state index in [0.29, 0.717) is 4.73 Å². The zero-order valence-corrected chi connectivity index (χ0v) is 30.1. The number of carbonyl (C=O) groups is 2. The number of halogens is 4. The zero-order valence-electron chi connectivity index (χ0n) is 27.7. The van der Waals surface area contributed by atoms with Gasteiger partial charge in [-0.15, -0.1) is 0 Å². The largest absolute Gasteiger partial charge is 0.619 e. The number of sulfonamides is 1. The summed E-state index contributed by atoms with van der Waals surface area (Å²) in [5.74, 6) is -1.30. The lowest BCUT2D eigenvalue weighted by molar-refractivity contribution is -0.605. The molecule has 1 saturated carbocycles. The lowest BCUT2D eigenvalue weighted by Gasteiger charge is -2.24. The van der Waals surface area contributed by atoms with Gasteiger partial charge in [0.2, 0.25) is 10.0 Å². The molecule has 0 saturated heterocycles. The fourth-order valence-corrected chi connectivity index (χ4v) is 6.68. The van der Waals surface area contributed by atoms with Gasteiger partial charge in [0, 0.05) is 25.0 Å². The number of carbonyl (C=O) groups excluding carboxylic acids is 2. The standard InChI is InChI=1S/C33H36Cl2F2N2O11S/c1-19(40)47-12-4-5-26(38-51(43,44)22-9-11-27(45-2)30(14-22)46-3)32(41)49-29(15-23-24(34)16-39(42)17-25(23)35)21-8-10-28(50-33(36)37)31(13-21)48-18-20-6-7-20/h8-11,13-14,16-17,20,26,29,33,38H,4-7,12,15,18H2,1-3H3/t26-,29+/m1/s1. The molecule has 0 spiro atoms. The molecule has 18 heteroatoms. The van der Waals surface area contributed by atoms with Gasteiger partial charge >= 0.3 is 18.6 Å². The number of pyridine rings is 1. The van der Waals surface area contributed by atoms with Gasteiger partial charge in [-0.2, -0.15) is 18.2 Å². The van der Waals surface area contributed by atoms with Crippen molar-refractivity contribution in [2.45, 2.75) is 62.7 Å². The van der Waals surface area contributed by atoms with Crippen LogP contribution in [0.5, 0.6) is 23.0 Å². The van der Waals surface area contributed by atoms with Crippen LogP contribution in [0.2, 0.25) is 10.0 Å². The average molecular weight is 778 g/mol. The van der Waals surface area contributed by atoms with Crippen molar-refractivity contribution in [3.63, 3.8) is 0 Å². The molecule has 0 aliphatic heterocycles. The van der Waals surface area contributed by atoms with E-state index in [1.807, 2.05) is 0 Å². The van der Waals surface area contributed by atoms with E-state index < -0.39 is 40.7 Å². The molecule has 2 atom stereocenters. The smallest absolute Gasteiger partial charge is 0.387 e. The van der Waals surface area contributed by atoms with Gasteiger partial charge < -0.3 is 33.6 Å². The molecule has 1 aromatic heterocycles. The molecule has 0 bridgehead atoms. The van der Waals surface area contributed by atoms with Crippen molar-refractivity contribution >= 4 is 45.2 Å². The maximum absolute atomic E-state index is 13.9. The molecular weight excluding hydrogens is 741 g/mol. The van der Waals surface area contributed by atoms with Gasteiger partial charge in [0.1, 0.15) is 22.2 Å². The first-order valence-corrected chi connectivity index (χ1v) is 17.8. The molecule has 13 nitrogen and oxygen atoms in total. The van der Waals surface area contributed by atoms with Crippen LogP contribution < -0.4 is 28.4 Å². The highest BCUT2D eigenvalue weighted by Crippen LogP contribution is 2.38. The summed E-state index contributed by atoms with van der Waals surface area (Å²) in [4.78, 5) is 25.0. The lowest BCUT2D eigenvalue weighted by atomic mass is 10.0. The molecule has 1 aliphatic carbocycles. The lowest BCUT2D eigenvalue weighted by Crippen LogP contribution is -2.42. The van der Waals surface area contributed by atoms with Crippen LogP contribution in [-0.2, 0) is 35.5 Å². The number of ether oxygens (including phenoxy) is 6. The third-order valence-corrected chi connectivity index (χ3v) is 9.74. The van der Waals surface area contributed by atoms with Crippen molar-refractivity contribution in [2.24, 2.45) is 5.92 Å². The second-order valence-corrected chi connectivity index (χ2v) is 14.0. The summed E-state index contributed by atoms with van der Waals surface area (Å²) in [7, 11) is -1.70. The Morgan fingerprint density at radius 2 is 1.67 bits per heavy atom. The molecule has 4 rings (SSSR count). The molecule has 3 aromatic rings. The van der Waals surface area contributed by atoms with Crippen LogP contribution >= 0.6 is 23.2 Å². The van der Waals surface area contributed by atoms with E-state index in [0.717, 1.165) is 25.2 Å². The van der Waals surface area contributed by atoms with Crippen LogP contribution in [-0.4, -0.2) is 60.4 Å². The Morgan fingerprint density at radius 3 is 2.27 bits per heavy atom. The molecular formula is C33H36Cl2F2N2O11S. The van der Waals surface area contributed by atoms with E-state index in [4.69, 9.17) is 46.9 Å². The summed E-state index contributed by atoms with van der Waals surface area (Å²) in [5.41, 5.74) is 0.428. The maximum Gasteiger partial charge on any atom is 0.387 e. The predicted octanol–water partition coefficient (Wildman–Crippen LogP) is 5.55. The number of benzene rings is 2. The van der Waals surface area contributed by atoms with Crippen molar-refractivity contribution in [2.75, 3.05) is 27.4 Å². The Kier molecular flexibility index (Phi) is 13.9. The molecule has 1 heterocycles. The first-order chi connectivity index (χ1) is 24.2. The Balaban J connectivity index is 1.71. The van der Waals surface area contributed by atoms with Crippen LogP contribution in [0.4, 0.5) is 8.78 Å². The van der Waals surface area contributed by atoms with Crippen LogP contribution in [0.15, 0.2) is 53.7 Å². The highest BCUT2D eigenvalue weighted by Gasteiger charge is 2.32. The minimum Gasteiger partial charge on any atom is -0.619 e. The van der Waals surface area contributed by atoms with Crippen LogP contribution in [0.1, 0.15) is 49.8 Å². The van der Waals surface area contributed by atoms with Crippen molar-refractivity contribution in [3.8, 4) is 23.0 Å². The van der Waals surface area contributed by atoms with Crippen molar-refractivity contribution < 1.29 is 59.9 Å². The van der Waals surface area contributed by atoms with E-state index in [2.05, 4.69) is 9.46 Å². The van der Waals surface area contributed by atoms with Crippen LogP contribution in [0.3, 0.4) is 0 Å². The van der Waals surface area contributed by atoms with Crippen molar-refractivity contribution in [1.29, 1.82) is 0 Å². The number of methoxy groups -OCH3 is 2. The third kappa shape index (κ3) is 11.4. The first-order valence-electron chi connectivity index (χ1n) is 15.6. The van der Waals surface area contributed by atoms with E-state index >= 15 is 0 Å². The van der Waals surface area contributed by atoms with Gasteiger partial charge in [-0.1, -0.05) is 29.3 Å². The number of alkyl halides is 2. The Morgan fingerprint density at radius 1 is 1.00 bits per heavy atom. The maximum atomic E-state index is 13.9. The zero-order chi connectivity index (χ0) is 37.3. The quantitative estimate of drug-likeness (QED) is 0.0703. The minimum atomic E-state index is -4.41. The summed E-state index contributed by atoms with van der Waals surface area (Å²) in [6.45, 7) is -1.85. The third-order valence-electron chi connectivity index (χ3n) is 7.62. The normalized spacial score (nSPS) is 14.0. The van der Waals surface area contributed by atoms with Crippen LogP contribution in [0.25, 0.3) is 0 Å². The number of aromatic nitrogens is 1. The van der Waals surface area contributed by atoms with Crippen molar-refractivity contribution in [1.82, 2.24) is 4.72 Å². The van der Waals surface area contributed by atoms with Gasteiger partial charge in [0.05, 0.1) is 32.3 Å². The summed E-state index contributed by atoms with van der Waals surface area (Å²) in [6.07, 6.45) is 2.27. The highest BCUT2D eigenvalue weighted by molar-refractivity contribution is 7.89. The summed E-state index contributed by atoms with van der Waals surface area (Å²) < 4.78 is 88.1. The molecule has 51 heavy (non-hydrogen) atoms. The van der Waals surface area contributed by atoms with E-state index in [1.54, 1.807) is 0 Å². The highest BCUT2D eigenvalue weighted by atomic mass is 35.5.